The maximum Gasteiger partial charge on any atom is 0.270 e. The average molecular weight is 475 g/mol. The van der Waals surface area contributed by atoms with Gasteiger partial charge in [0, 0.05) is 42.8 Å². The molecule has 1 saturated carbocycles. The number of rotatable bonds is 3. The first kappa shape index (κ1) is 21.2. The Balaban J connectivity index is 1.43. The lowest BCUT2D eigenvalue weighted by atomic mass is 9.85. The molecule has 1 aliphatic heterocycles. The Morgan fingerprint density at radius 3 is 2.70 bits per heavy atom. The molecule has 2 aromatic rings. The third-order valence-electron chi connectivity index (χ3n) is 6.42. The molecule has 0 radical (unpaired) electrons. The van der Waals surface area contributed by atoms with Crippen LogP contribution in [0.3, 0.4) is 0 Å². The second-order valence-electron chi connectivity index (χ2n) is 8.53. The highest BCUT2D eigenvalue weighted by atomic mass is 79.9. The number of nitrogens with zero attached hydrogens (tertiary/aromatic N) is 3. The number of carbonyl (C=O) groups excluding carboxylic acids is 2. The summed E-state index contributed by atoms with van der Waals surface area (Å²) in [6.45, 7) is 3.35. The molecule has 2 atom stereocenters. The van der Waals surface area contributed by atoms with E-state index in [1.54, 1.807) is 18.5 Å². The van der Waals surface area contributed by atoms with Crippen molar-refractivity contribution >= 4 is 38.6 Å². The van der Waals surface area contributed by atoms with Crippen LogP contribution < -0.4 is 5.32 Å². The molecule has 2 amide bonds. The standard InChI is InChI=1S/C22H27BrN4O3/c1-13-8-9-27(22(30)14-2-5-16(28)6-3-14)12-19(13)26-21(29)18-7-4-15-10-24-11-17(23)20(15)25-18/h4,7,10-11,13-14,16,19,28H,2-3,5-6,8-9,12H2,1H3,(H,26,29). The highest BCUT2D eigenvalue weighted by Crippen LogP contribution is 2.28. The summed E-state index contributed by atoms with van der Waals surface area (Å²) in [5, 5.41) is 13.7. The van der Waals surface area contributed by atoms with Crippen molar-refractivity contribution in [2.24, 2.45) is 11.8 Å². The number of hydrogen-bond acceptors (Lipinski definition) is 5. The smallest absolute Gasteiger partial charge is 0.270 e. The number of fused-ring (bicyclic) bond motifs is 1. The third kappa shape index (κ3) is 4.49. The summed E-state index contributed by atoms with van der Waals surface area (Å²) >= 11 is 3.44. The van der Waals surface area contributed by atoms with E-state index in [0.717, 1.165) is 35.7 Å². The van der Waals surface area contributed by atoms with Gasteiger partial charge < -0.3 is 15.3 Å². The first-order valence-corrected chi connectivity index (χ1v) is 11.4. The molecular formula is C22H27BrN4O3. The van der Waals surface area contributed by atoms with Crippen LogP contribution in [0.5, 0.6) is 0 Å². The van der Waals surface area contributed by atoms with Gasteiger partial charge in [0.15, 0.2) is 0 Å². The first-order valence-electron chi connectivity index (χ1n) is 10.6. The molecular weight excluding hydrogens is 448 g/mol. The van der Waals surface area contributed by atoms with Crippen LogP contribution in [0.15, 0.2) is 29.0 Å². The Labute approximate surface area is 184 Å². The Morgan fingerprint density at radius 1 is 1.17 bits per heavy atom. The van der Waals surface area contributed by atoms with Gasteiger partial charge in [-0.2, -0.15) is 0 Å². The molecule has 0 bridgehead atoms. The van der Waals surface area contributed by atoms with Crippen LogP contribution in [-0.2, 0) is 4.79 Å². The molecule has 160 valence electrons. The fraction of sp³-hybridized carbons (Fsp3) is 0.545. The highest BCUT2D eigenvalue weighted by molar-refractivity contribution is 9.10. The lowest BCUT2D eigenvalue weighted by Gasteiger charge is -2.39. The molecule has 0 spiro atoms. The van der Waals surface area contributed by atoms with Gasteiger partial charge in [0.1, 0.15) is 5.69 Å². The normalized spacial score (nSPS) is 27.1. The fourth-order valence-electron chi connectivity index (χ4n) is 4.42. The number of aliphatic hydroxyl groups is 1. The highest BCUT2D eigenvalue weighted by Gasteiger charge is 2.34. The zero-order valence-corrected chi connectivity index (χ0v) is 18.6. The number of amides is 2. The molecule has 4 rings (SSSR count). The van der Waals surface area contributed by atoms with E-state index in [1.807, 2.05) is 11.0 Å². The van der Waals surface area contributed by atoms with Crippen LogP contribution in [0.2, 0.25) is 0 Å². The summed E-state index contributed by atoms with van der Waals surface area (Å²) in [7, 11) is 0. The summed E-state index contributed by atoms with van der Waals surface area (Å²) in [6.07, 6.45) is 6.84. The monoisotopic (exact) mass is 474 g/mol. The number of halogens is 1. The largest absolute Gasteiger partial charge is 0.393 e. The lowest BCUT2D eigenvalue weighted by Crippen LogP contribution is -2.54. The maximum atomic E-state index is 13.0. The quantitative estimate of drug-likeness (QED) is 0.712. The molecule has 2 aliphatic rings. The van der Waals surface area contributed by atoms with Gasteiger partial charge in [0.2, 0.25) is 5.91 Å². The van der Waals surface area contributed by atoms with Crippen molar-refractivity contribution in [3.8, 4) is 0 Å². The summed E-state index contributed by atoms with van der Waals surface area (Å²) < 4.78 is 0.745. The second kappa shape index (κ2) is 8.98. The number of aliphatic hydroxyl groups excluding tert-OH is 1. The minimum atomic E-state index is -0.271. The van der Waals surface area contributed by atoms with Gasteiger partial charge in [-0.3, -0.25) is 14.6 Å². The molecule has 30 heavy (non-hydrogen) atoms. The Hall–Kier alpha value is -2.06. The van der Waals surface area contributed by atoms with Gasteiger partial charge in [-0.25, -0.2) is 4.98 Å². The predicted octanol–water partition coefficient (Wildman–Crippen LogP) is 2.91. The molecule has 2 unspecified atom stereocenters. The van der Waals surface area contributed by atoms with Crippen LogP contribution >= 0.6 is 15.9 Å². The molecule has 3 heterocycles. The molecule has 2 aromatic heterocycles. The van der Waals surface area contributed by atoms with Crippen molar-refractivity contribution in [2.45, 2.75) is 51.2 Å². The van der Waals surface area contributed by atoms with Crippen LogP contribution in [-0.4, -0.2) is 57.0 Å². The molecule has 8 heteroatoms. The Morgan fingerprint density at radius 2 is 1.93 bits per heavy atom. The Kier molecular flexibility index (Phi) is 6.34. The summed E-state index contributed by atoms with van der Waals surface area (Å²) in [4.78, 5) is 36.4. The van der Waals surface area contributed by atoms with E-state index < -0.39 is 0 Å². The number of nitrogens with one attached hydrogen (secondary N) is 1. The topological polar surface area (TPSA) is 95.4 Å². The predicted molar refractivity (Wildman–Crippen MR) is 117 cm³/mol. The SMILES string of the molecule is CC1CCN(C(=O)C2CCC(O)CC2)CC1NC(=O)c1ccc2cncc(Br)c2n1. The molecule has 1 saturated heterocycles. The molecule has 2 fully saturated rings. The van der Waals surface area contributed by atoms with E-state index in [0.29, 0.717) is 30.6 Å². The minimum Gasteiger partial charge on any atom is -0.393 e. The van der Waals surface area contributed by atoms with Crippen LogP contribution in [0.4, 0.5) is 0 Å². The van der Waals surface area contributed by atoms with Crippen molar-refractivity contribution in [3.05, 3.63) is 34.7 Å². The summed E-state index contributed by atoms with van der Waals surface area (Å²) in [5.41, 5.74) is 1.05. The fourth-order valence-corrected chi connectivity index (χ4v) is 4.85. The number of hydrogen-bond donors (Lipinski definition) is 2. The van der Waals surface area contributed by atoms with E-state index in [2.05, 4.69) is 38.1 Å². The van der Waals surface area contributed by atoms with Crippen LogP contribution in [0.25, 0.3) is 10.9 Å². The third-order valence-corrected chi connectivity index (χ3v) is 7.00. The van der Waals surface area contributed by atoms with E-state index >= 15 is 0 Å². The Bertz CT molecular complexity index is 945. The zero-order valence-electron chi connectivity index (χ0n) is 17.1. The summed E-state index contributed by atoms with van der Waals surface area (Å²) in [6, 6.07) is 3.44. The molecule has 0 aromatic carbocycles. The van der Waals surface area contributed by atoms with Gasteiger partial charge in [-0.05, 0) is 66.1 Å². The van der Waals surface area contributed by atoms with Crippen LogP contribution in [0.1, 0.15) is 49.5 Å². The van der Waals surface area contributed by atoms with Crippen molar-refractivity contribution in [2.75, 3.05) is 13.1 Å². The van der Waals surface area contributed by atoms with Gasteiger partial charge in [-0.15, -0.1) is 0 Å². The van der Waals surface area contributed by atoms with E-state index in [4.69, 9.17) is 0 Å². The van der Waals surface area contributed by atoms with E-state index in [-0.39, 0.29) is 35.8 Å². The molecule has 7 nitrogen and oxygen atoms in total. The van der Waals surface area contributed by atoms with Gasteiger partial charge in [0.05, 0.1) is 16.1 Å². The van der Waals surface area contributed by atoms with Gasteiger partial charge >= 0.3 is 0 Å². The lowest BCUT2D eigenvalue weighted by molar-refractivity contribution is -0.139. The van der Waals surface area contributed by atoms with E-state index in [1.165, 1.54) is 0 Å². The molecule has 1 aliphatic carbocycles. The number of aromatic nitrogens is 2. The zero-order chi connectivity index (χ0) is 21.3. The van der Waals surface area contributed by atoms with E-state index in [9.17, 15) is 14.7 Å². The number of carbonyl (C=O) groups is 2. The number of pyridine rings is 2. The van der Waals surface area contributed by atoms with Gasteiger partial charge in [0.25, 0.3) is 5.91 Å². The van der Waals surface area contributed by atoms with Gasteiger partial charge in [-0.1, -0.05) is 6.92 Å². The van der Waals surface area contributed by atoms with Crippen LogP contribution in [0, 0.1) is 11.8 Å². The number of likely N-dealkylation sites (tertiary alicyclic amines) is 1. The second-order valence-corrected chi connectivity index (χ2v) is 9.38. The minimum absolute atomic E-state index is 0.00808. The van der Waals surface area contributed by atoms with Crippen molar-refractivity contribution < 1.29 is 14.7 Å². The maximum absolute atomic E-state index is 13.0. The molecule has 2 N–H and O–H groups in total. The van der Waals surface area contributed by atoms with Crippen molar-refractivity contribution in [3.63, 3.8) is 0 Å². The van der Waals surface area contributed by atoms with Crippen molar-refractivity contribution in [1.82, 2.24) is 20.2 Å². The average Bonchev–Trinajstić information content (AvgIpc) is 2.75. The first-order chi connectivity index (χ1) is 14.4. The van der Waals surface area contributed by atoms with Crippen molar-refractivity contribution in [1.29, 1.82) is 0 Å². The number of piperidine rings is 1. The summed E-state index contributed by atoms with van der Waals surface area (Å²) in [5.74, 6) is 0.203.